The Morgan fingerprint density at radius 3 is 2.63 bits per heavy atom. The maximum Gasteiger partial charge on any atom is 0.275 e. The monoisotopic (exact) mass is 424 g/mol. The lowest BCUT2D eigenvalue weighted by Gasteiger charge is -2.23. The fraction of sp³-hybridized carbons (Fsp3) is 0.409. The van der Waals surface area contributed by atoms with Gasteiger partial charge in [-0.15, -0.1) is 11.3 Å². The molecule has 3 aromatic rings. The van der Waals surface area contributed by atoms with Crippen LogP contribution in [0.5, 0.6) is 0 Å². The number of aldehydes is 1. The van der Waals surface area contributed by atoms with E-state index in [1.807, 2.05) is 12.1 Å². The fourth-order valence-corrected chi connectivity index (χ4v) is 5.04. The highest BCUT2D eigenvalue weighted by Gasteiger charge is 2.27. The van der Waals surface area contributed by atoms with E-state index in [1.54, 1.807) is 25.2 Å². The summed E-state index contributed by atoms with van der Waals surface area (Å²) in [6, 6.07) is 3.72. The molecule has 156 valence electrons. The highest BCUT2D eigenvalue weighted by atomic mass is 32.1. The summed E-state index contributed by atoms with van der Waals surface area (Å²) in [5.74, 6) is 0.131. The van der Waals surface area contributed by atoms with Crippen LogP contribution in [0.25, 0.3) is 10.2 Å². The molecule has 0 radical (unpaired) electrons. The molecule has 0 unspecified atom stereocenters. The second kappa shape index (κ2) is 8.20. The van der Waals surface area contributed by atoms with Crippen molar-refractivity contribution in [2.75, 3.05) is 5.32 Å². The number of amides is 1. The normalized spacial score (nSPS) is 19.6. The number of fused-ring (bicyclic) bond motifs is 1. The summed E-state index contributed by atoms with van der Waals surface area (Å²) in [5.41, 5.74) is 0.975. The molecule has 0 saturated heterocycles. The van der Waals surface area contributed by atoms with E-state index in [9.17, 15) is 14.7 Å². The van der Waals surface area contributed by atoms with Crippen molar-refractivity contribution in [2.45, 2.75) is 51.0 Å². The smallest absolute Gasteiger partial charge is 0.275 e. The van der Waals surface area contributed by atoms with Crippen LogP contribution in [-0.2, 0) is 10.4 Å². The van der Waals surface area contributed by atoms with Gasteiger partial charge in [0.2, 0.25) is 0 Å². The second-order valence-corrected chi connectivity index (χ2v) is 9.33. The molecule has 0 spiro atoms. The molecule has 0 atom stereocenters. The molecule has 7 nitrogen and oxygen atoms in total. The van der Waals surface area contributed by atoms with Crippen molar-refractivity contribution in [3.63, 3.8) is 0 Å². The summed E-state index contributed by atoms with van der Waals surface area (Å²) in [7, 11) is 0. The summed E-state index contributed by atoms with van der Waals surface area (Å²) in [5, 5.41) is 14.6. The second-order valence-electron chi connectivity index (χ2n) is 8.27. The van der Waals surface area contributed by atoms with Gasteiger partial charge in [-0.2, -0.15) is 0 Å². The van der Waals surface area contributed by atoms with E-state index in [0.29, 0.717) is 17.2 Å². The van der Waals surface area contributed by atoms with Gasteiger partial charge in [0.25, 0.3) is 5.91 Å². The molecular weight excluding hydrogens is 400 g/mol. The summed E-state index contributed by atoms with van der Waals surface area (Å²) in [6.45, 7) is 3.36. The van der Waals surface area contributed by atoms with Gasteiger partial charge in [0.1, 0.15) is 12.0 Å². The highest BCUT2D eigenvalue weighted by Crippen LogP contribution is 2.40. The Morgan fingerprint density at radius 1 is 1.23 bits per heavy atom. The van der Waals surface area contributed by atoms with Crippen LogP contribution in [-0.4, -0.2) is 32.3 Å². The van der Waals surface area contributed by atoms with Gasteiger partial charge in [0.15, 0.2) is 0 Å². The van der Waals surface area contributed by atoms with Gasteiger partial charge in [-0.25, -0.2) is 9.97 Å². The van der Waals surface area contributed by atoms with Crippen molar-refractivity contribution in [3.8, 4) is 0 Å². The van der Waals surface area contributed by atoms with Crippen LogP contribution in [0.2, 0.25) is 0 Å². The van der Waals surface area contributed by atoms with E-state index in [0.717, 1.165) is 47.2 Å². The summed E-state index contributed by atoms with van der Waals surface area (Å²) >= 11 is 1.61. The summed E-state index contributed by atoms with van der Waals surface area (Å²) in [6.07, 6.45) is 9.15. The molecule has 0 bridgehead atoms. The van der Waals surface area contributed by atoms with Crippen molar-refractivity contribution in [3.05, 3.63) is 47.0 Å². The minimum atomic E-state index is -1.16. The Bertz CT molecular complexity index is 1070. The van der Waals surface area contributed by atoms with Crippen molar-refractivity contribution < 1.29 is 14.7 Å². The van der Waals surface area contributed by atoms with Gasteiger partial charge in [0.05, 0.1) is 27.0 Å². The van der Waals surface area contributed by atoms with E-state index in [2.05, 4.69) is 15.3 Å². The van der Waals surface area contributed by atoms with Crippen molar-refractivity contribution in [2.24, 2.45) is 5.92 Å². The first-order valence-corrected chi connectivity index (χ1v) is 10.9. The lowest BCUT2D eigenvalue weighted by Crippen LogP contribution is -2.21. The van der Waals surface area contributed by atoms with Gasteiger partial charge >= 0.3 is 0 Å². The third-order valence-electron chi connectivity index (χ3n) is 5.56. The van der Waals surface area contributed by atoms with Gasteiger partial charge in [-0.05, 0) is 51.7 Å². The molecular formula is C22H24N4O3S. The molecule has 8 heteroatoms. The Balaban J connectivity index is 1.67. The number of anilines is 1. The lowest BCUT2D eigenvalue weighted by molar-refractivity contribution is -0.111. The number of benzene rings is 1. The molecule has 1 aromatic carbocycles. The number of aliphatic hydroxyl groups is 1. The number of nitrogens with one attached hydrogen (secondary N) is 1. The first-order valence-electron chi connectivity index (χ1n) is 10.0. The number of hydrogen-bond donors (Lipinski definition) is 2. The summed E-state index contributed by atoms with van der Waals surface area (Å²) < 4.78 is 0.949. The maximum absolute atomic E-state index is 12.6. The van der Waals surface area contributed by atoms with Crippen LogP contribution >= 0.6 is 11.3 Å². The molecule has 1 saturated carbocycles. The van der Waals surface area contributed by atoms with E-state index in [-0.39, 0.29) is 17.5 Å². The Morgan fingerprint density at radius 2 is 2.00 bits per heavy atom. The van der Waals surface area contributed by atoms with E-state index in [1.165, 1.54) is 18.6 Å². The zero-order valence-corrected chi connectivity index (χ0v) is 17.8. The largest absolute Gasteiger partial charge is 0.386 e. The van der Waals surface area contributed by atoms with E-state index < -0.39 is 5.60 Å². The quantitative estimate of drug-likeness (QED) is 0.599. The summed E-state index contributed by atoms with van der Waals surface area (Å²) in [4.78, 5) is 36.4. The number of nitrogens with zero attached hydrogens (tertiary/aromatic N) is 3. The minimum absolute atomic E-state index is 0.167. The Labute approximate surface area is 178 Å². The highest BCUT2D eigenvalue weighted by molar-refractivity contribution is 7.18. The average Bonchev–Trinajstić information content (AvgIpc) is 3.16. The van der Waals surface area contributed by atoms with E-state index >= 15 is 0 Å². The van der Waals surface area contributed by atoms with Crippen LogP contribution in [0.15, 0.2) is 30.7 Å². The van der Waals surface area contributed by atoms with Crippen LogP contribution in [0, 0.1) is 5.92 Å². The number of carbonyl (C=O) groups excluding carboxylic acids is 2. The Hall–Kier alpha value is -2.71. The van der Waals surface area contributed by atoms with Crippen LogP contribution < -0.4 is 5.32 Å². The van der Waals surface area contributed by atoms with Crippen molar-refractivity contribution in [1.29, 1.82) is 0 Å². The molecule has 1 fully saturated rings. The molecule has 1 amide bonds. The standard InChI is InChI=1S/C22H24N4O3S/c1-22(2,29)15-9-17-19(10-16(15)25-20(28)18-11-23-7-8-24-18)30-21(26-17)14-5-3-13(12-27)4-6-14/h7-14,29H,3-6H2,1-2H3,(H,25,28)/t13-,14-. The molecule has 1 aliphatic rings. The van der Waals surface area contributed by atoms with Gasteiger partial charge in [-0.3, -0.25) is 9.78 Å². The van der Waals surface area contributed by atoms with Gasteiger partial charge in [0, 0.05) is 35.5 Å². The number of carbonyl (C=O) groups is 2. The predicted molar refractivity (Wildman–Crippen MR) is 116 cm³/mol. The van der Waals surface area contributed by atoms with E-state index in [4.69, 9.17) is 4.98 Å². The molecule has 2 N–H and O–H groups in total. The van der Waals surface area contributed by atoms with Crippen LogP contribution in [0.1, 0.15) is 66.5 Å². The third kappa shape index (κ3) is 4.24. The first kappa shape index (κ1) is 20.6. The topological polar surface area (TPSA) is 105 Å². The van der Waals surface area contributed by atoms with Gasteiger partial charge < -0.3 is 15.2 Å². The van der Waals surface area contributed by atoms with Gasteiger partial charge in [-0.1, -0.05) is 0 Å². The third-order valence-corrected chi connectivity index (χ3v) is 6.74. The number of rotatable bonds is 5. The number of thiazole rings is 1. The van der Waals surface area contributed by atoms with Crippen molar-refractivity contribution in [1.82, 2.24) is 15.0 Å². The zero-order valence-electron chi connectivity index (χ0n) is 17.0. The molecule has 1 aliphatic carbocycles. The number of hydrogen-bond acceptors (Lipinski definition) is 7. The zero-order chi connectivity index (χ0) is 21.3. The molecule has 2 heterocycles. The molecule has 0 aliphatic heterocycles. The Kier molecular flexibility index (Phi) is 5.62. The molecule has 4 rings (SSSR count). The maximum atomic E-state index is 12.6. The SMILES string of the molecule is CC(C)(O)c1cc2nc([C@H]3CC[C@H](C=O)CC3)sc2cc1NC(=O)c1cnccn1. The molecule has 30 heavy (non-hydrogen) atoms. The fourth-order valence-electron chi connectivity index (χ4n) is 3.88. The van der Waals surface area contributed by atoms with Crippen LogP contribution in [0.3, 0.4) is 0 Å². The van der Waals surface area contributed by atoms with Crippen molar-refractivity contribution >= 4 is 39.4 Å². The average molecular weight is 425 g/mol. The first-order chi connectivity index (χ1) is 14.3. The number of aromatic nitrogens is 3. The molecule has 2 aromatic heterocycles. The van der Waals surface area contributed by atoms with Crippen LogP contribution in [0.4, 0.5) is 5.69 Å². The lowest BCUT2D eigenvalue weighted by atomic mass is 9.83. The predicted octanol–water partition coefficient (Wildman–Crippen LogP) is 4.04. The minimum Gasteiger partial charge on any atom is -0.386 e.